The van der Waals surface area contributed by atoms with E-state index >= 15 is 0 Å². The lowest BCUT2D eigenvalue weighted by Crippen LogP contribution is -2.31. The summed E-state index contributed by atoms with van der Waals surface area (Å²) in [5.74, 6) is 6.47. The molecule has 1 atom stereocenters. The van der Waals surface area contributed by atoms with E-state index in [-0.39, 0.29) is 23.9 Å². The standard InChI is InChI=1S/C30H26N6O2/c37-29(23-10-5-11-23)34-26-13-6-18-35-25(20-31-28(26)35)15-14-21-7-4-12-24(19-21)33-30(38)36-27(16-17-32-36)22-8-2-1-3-9-22/h1-4,6-9,12-13,17-20,23,27H,5,10-11,16H2,(H,33,38)(H,34,37). The SMILES string of the molecule is O=C(Nc1cccn2c(C#Cc3cccc(NC(=O)N4N=CCC4c4ccccc4)c3)cnc12)C1CCC1. The highest BCUT2D eigenvalue weighted by Gasteiger charge is 2.28. The number of carbonyl (C=O) groups excluding carboxylic acids is 2. The monoisotopic (exact) mass is 502 g/mol. The number of amides is 3. The molecule has 1 saturated carbocycles. The second kappa shape index (κ2) is 10.2. The maximum atomic E-state index is 13.0. The molecule has 1 aliphatic carbocycles. The number of benzene rings is 2. The topological polar surface area (TPSA) is 91.1 Å². The number of hydrogen-bond donors (Lipinski definition) is 2. The molecule has 0 bridgehead atoms. The number of nitrogens with zero attached hydrogens (tertiary/aromatic N) is 4. The fourth-order valence-electron chi connectivity index (χ4n) is 4.66. The normalized spacial score (nSPS) is 16.5. The van der Waals surface area contributed by atoms with Gasteiger partial charge in [0, 0.05) is 36.0 Å². The molecular weight excluding hydrogens is 476 g/mol. The first-order valence-corrected chi connectivity index (χ1v) is 12.7. The third-order valence-corrected chi connectivity index (χ3v) is 6.94. The summed E-state index contributed by atoms with van der Waals surface area (Å²) in [6.07, 6.45) is 9.00. The van der Waals surface area contributed by atoms with Gasteiger partial charge >= 0.3 is 6.03 Å². The average Bonchev–Trinajstić information content (AvgIpc) is 3.55. The third-order valence-electron chi connectivity index (χ3n) is 6.94. The predicted molar refractivity (Wildman–Crippen MR) is 147 cm³/mol. The van der Waals surface area contributed by atoms with Crippen LogP contribution in [-0.2, 0) is 4.79 Å². The molecule has 1 fully saturated rings. The van der Waals surface area contributed by atoms with E-state index in [9.17, 15) is 9.59 Å². The van der Waals surface area contributed by atoms with Crippen LogP contribution in [0.3, 0.4) is 0 Å². The van der Waals surface area contributed by atoms with E-state index in [0.29, 0.717) is 29.1 Å². The summed E-state index contributed by atoms with van der Waals surface area (Å²) in [5.41, 5.74) is 4.46. The zero-order valence-electron chi connectivity index (χ0n) is 20.7. The number of pyridine rings is 1. The summed E-state index contributed by atoms with van der Waals surface area (Å²) in [6, 6.07) is 20.6. The van der Waals surface area contributed by atoms with Crippen LogP contribution in [0.5, 0.6) is 0 Å². The Morgan fingerprint density at radius 2 is 1.82 bits per heavy atom. The van der Waals surface area contributed by atoms with Gasteiger partial charge in [-0.05, 0) is 54.7 Å². The zero-order chi connectivity index (χ0) is 25.9. The number of urea groups is 1. The summed E-state index contributed by atoms with van der Waals surface area (Å²) in [7, 11) is 0. The number of carbonyl (C=O) groups is 2. The second-order valence-electron chi connectivity index (χ2n) is 9.44. The Hall–Kier alpha value is -4.90. The first kappa shape index (κ1) is 23.5. The first-order chi connectivity index (χ1) is 18.7. The van der Waals surface area contributed by atoms with E-state index < -0.39 is 0 Å². The molecule has 3 heterocycles. The van der Waals surface area contributed by atoms with Crippen LogP contribution in [0.15, 0.2) is 84.2 Å². The summed E-state index contributed by atoms with van der Waals surface area (Å²) in [5, 5.41) is 11.7. The average molecular weight is 503 g/mol. The van der Waals surface area contributed by atoms with Crippen LogP contribution in [0.4, 0.5) is 16.2 Å². The van der Waals surface area contributed by atoms with E-state index in [4.69, 9.17) is 0 Å². The summed E-state index contributed by atoms with van der Waals surface area (Å²) < 4.78 is 1.87. The Bertz CT molecular complexity index is 1590. The van der Waals surface area contributed by atoms with Crippen LogP contribution in [-0.4, -0.2) is 32.5 Å². The lowest BCUT2D eigenvalue weighted by atomic mass is 9.85. The van der Waals surface area contributed by atoms with Crippen LogP contribution in [0.1, 0.15) is 48.5 Å². The van der Waals surface area contributed by atoms with Crippen LogP contribution < -0.4 is 10.6 Å². The molecule has 38 heavy (non-hydrogen) atoms. The van der Waals surface area contributed by atoms with Crippen molar-refractivity contribution in [1.82, 2.24) is 14.4 Å². The van der Waals surface area contributed by atoms with Gasteiger partial charge in [0.05, 0.1) is 17.9 Å². The molecule has 0 saturated heterocycles. The van der Waals surface area contributed by atoms with Crippen LogP contribution >= 0.6 is 0 Å². The minimum atomic E-state index is -0.295. The number of aromatic nitrogens is 2. The lowest BCUT2D eigenvalue weighted by Gasteiger charge is -2.24. The lowest BCUT2D eigenvalue weighted by molar-refractivity contribution is -0.122. The van der Waals surface area contributed by atoms with Crippen molar-refractivity contribution >= 4 is 35.2 Å². The maximum Gasteiger partial charge on any atom is 0.342 e. The Morgan fingerprint density at radius 3 is 2.63 bits per heavy atom. The third kappa shape index (κ3) is 4.74. The number of rotatable bonds is 4. The van der Waals surface area contributed by atoms with Gasteiger partial charge in [0.25, 0.3) is 0 Å². The van der Waals surface area contributed by atoms with Crippen LogP contribution in [0.25, 0.3) is 5.65 Å². The van der Waals surface area contributed by atoms with Crippen molar-refractivity contribution in [3.05, 3.63) is 95.9 Å². The van der Waals surface area contributed by atoms with Crippen molar-refractivity contribution in [3.8, 4) is 11.8 Å². The molecule has 4 aromatic rings. The molecule has 2 aliphatic rings. The number of hydrazone groups is 1. The molecular formula is C30H26N6O2. The summed E-state index contributed by atoms with van der Waals surface area (Å²) in [6.45, 7) is 0. The highest BCUT2D eigenvalue weighted by molar-refractivity contribution is 5.96. The van der Waals surface area contributed by atoms with E-state index in [1.807, 2.05) is 77.3 Å². The van der Waals surface area contributed by atoms with Gasteiger partial charge in [0.15, 0.2) is 5.65 Å². The van der Waals surface area contributed by atoms with Gasteiger partial charge in [-0.3, -0.25) is 9.20 Å². The van der Waals surface area contributed by atoms with E-state index in [1.165, 1.54) is 5.01 Å². The highest BCUT2D eigenvalue weighted by atomic mass is 16.2. The van der Waals surface area contributed by atoms with Crippen molar-refractivity contribution < 1.29 is 9.59 Å². The van der Waals surface area contributed by atoms with E-state index in [2.05, 4.69) is 32.6 Å². The quantitative estimate of drug-likeness (QED) is 0.364. The van der Waals surface area contributed by atoms with E-state index in [0.717, 1.165) is 30.4 Å². The molecule has 8 nitrogen and oxygen atoms in total. The van der Waals surface area contributed by atoms with Gasteiger partial charge in [0.2, 0.25) is 5.91 Å². The van der Waals surface area contributed by atoms with Crippen molar-refractivity contribution in [3.63, 3.8) is 0 Å². The van der Waals surface area contributed by atoms with Gasteiger partial charge in [0.1, 0.15) is 5.69 Å². The van der Waals surface area contributed by atoms with Gasteiger partial charge < -0.3 is 10.6 Å². The minimum Gasteiger partial charge on any atom is -0.323 e. The van der Waals surface area contributed by atoms with Crippen LogP contribution in [0.2, 0.25) is 0 Å². The molecule has 2 aromatic heterocycles. The predicted octanol–water partition coefficient (Wildman–Crippen LogP) is 5.44. The van der Waals surface area contributed by atoms with Crippen LogP contribution in [0, 0.1) is 17.8 Å². The summed E-state index contributed by atoms with van der Waals surface area (Å²) in [4.78, 5) is 29.9. The Kier molecular flexibility index (Phi) is 6.32. The number of anilines is 2. The fraction of sp³-hybridized carbons (Fsp3) is 0.200. The first-order valence-electron chi connectivity index (χ1n) is 12.7. The number of fused-ring (bicyclic) bond motifs is 1. The molecule has 6 rings (SSSR count). The number of nitrogens with one attached hydrogen (secondary N) is 2. The van der Waals surface area contributed by atoms with Crippen molar-refractivity contribution in [2.75, 3.05) is 10.6 Å². The largest absolute Gasteiger partial charge is 0.342 e. The molecule has 0 spiro atoms. The molecule has 8 heteroatoms. The molecule has 188 valence electrons. The van der Waals surface area contributed by atoms with Crippen molar-refractivity contribution in [2.45, 2.75) is 31.7 Å². The van der Waals surface area contributed by atoms with Gasteiger partial charge in [-0.1, -0.05) is 48.7 Å². The molecule has 0 radical (unpaired) electrons. The van der Waals surface area contributed by atoms with Gasteiger partial charge in [-0.15, -0.1) is 0 Å². The minimum absolute atomic E-state index is 0.0496. The number of imidazole rings is 1. The molecule has 2 aromatic carbocycles. The van der Waals surface area contributed by atoms with Crippen molar-refractivity contribution in [1.29, 1.82) is 0 Å². The second-order valence-corrected chi connectivity index (χ2v) is 9.44. The van der Waals surface area contributed by atoms with Gasteiger partial charge in [-0.2, -0.15) is 5.10 Å². The van der Waals surface area contributed by atoms with Gasteiger partial charge in [-0.25, -0.2) is 14.8 Å². The Balaban J connectivity index is 1.17. The smallest absolute Gasteiger partial charge is 0.323 e. The zero-order valence-corrected chi connectivity index (χ0v) is 20.7. The fourth-order valence-corrected chi connectivity index (χ4v) is 4.66. The molecule has 2 N–H and O–H groups in total. The van der Waals surface area contributed by atoms with Crippen molar-refractivity contribution in [2.24, 2.45) is 11.0 Å². The highest BCUT2D eigenvalue weighted by Crippen LogP contribution is 2.29. The molecule has 3 amide bonds. The molecule has 1 unspecified atom stereocenters. The maximum absolute atomic E-state index is 13.0. The number of hydrogen-bond acceptors (Lipinski definition) is 4. The Labute approximate surface area is 220 Å². The molecule has 1 aliphatic heterocycles. The Morgan fingerprint density at radius 1 is 0.947 bits per heavy atom. The summed E-state index contributed by atoms with van der Waals surface area (Å²) >= 11 is 0. The van der Waals surface area contributed by atoms with E-state index in [1.54, 1.807) is 12.4 Å².